The Balaban J connectivity index is 3.34. The minimum Gasteiger partial charge on any atom is -0.281 e. The first-order valence-corrected chi connectivity index (χ1v) is 8.44. The molecule has 0 aliphatic rings. The Morgan fingerprint density at radius 3 is 1.95 bits per heavy atom. The molecule has 0 saturated heterocycles. The summed E-state index contributed by atoms with van der Waals surface area (Å²) in [7, 11) is -3.79. The monoisotopic (exact) mass is 287 g/mol. The van der Waals surface area contributed by atoms with Gasteiger partial charge in [0.2, 0.25) is 0 Å². The van der Waals surface area contributed by atoms with Crippen LogP contribution in [0.25, 0.3) is 0 Å². The number of hydrogen-bond donors (Lipinski definition) is 1. The standard InChI is InChI=1S/C15H25FO2P/c1-14(2,3)11-8-9-13(18-19(7,16)17)12(10-11)15(4,5)6/h8-10,17H,1-7H3/q+1. The van der Waals surface area contributed by atoms with Crippen LogP contribution in [0.5, 0.6) is 5.75 Å². The molecule has 108 valence electrons. The van der Waals surface area contributed by atoms with Crippen molar-refractivity contribution in [2.24, 2.45) is 0 Å². The van der Waals surface area contributed by atoms with Crippen molar-refractivity contribution in [3.05, 3.63) is 29.3 Å². The molecule has 4 heteroatoms. The fourth-order valence-corrected chi connectivity index (χ4v) is 2.36. The SMILES string of the molecule is CC(C)(C)c1ccc(O[P+](C)(O)F)c(C(C)(C)C)c1. The van der Waals surface area contributed by atoms with Gasteiger partial charge in [-0.1, -0.05) is 53.7 Å². The molecule has 0 fully saturated rings. The molecule has 0 heterocycles. The molecule has 1 atom stereocenters. The second-order valence-electron chi connectivity index (χ2n) is 7.08. The molecule has 0 amide bonds. The van der Waals surface area contributed by atoms with Crippen molar-refractivity contribution in [3.8, 4) is 5.75 Å². The van der Waals surface area contributed by atoms with Gasteiger partial charge in [-0.05, 0) is 22.5 Å². The lowest BCUT2D eigenvalue weighted by atomic mass is 9.80. The van der Waals surface area contributed by atoms with Crippen LogP contribution in [0, 0.1) is 0 Å². The van der Waals surface area contributed by atoms with Crippen LogP contribution in [0.1, 0.15) is 52.7 Å². The molecular weight excluding hydrogens is 262 g/mol. The highest BCUT2D eigenvalue weighted by Gasteiger charge is 2.36. The minimum atomic E-state index is -3.79. The molecule has 19 heavy (non-hydrogen) atoms. The van der Waals surface area contributed by atoms with E-state index >= 15 is 0 Å². The Morgan fingerprint density at radius 2 is 1.58 bits per heavy atom. The summed E-state index contributed by atoms with van der Waals surface area (Å²) in [4.78, 5) is 9.31. The first-order valence-electron chi connectivity index (χ1n) is 6.44. The van der Waals surface area contributed by atoms with Gasteiger partial charge >= 0.3 is 8.03 Å². The van der Waals surface area contributed by atoms with E-state index in [9.17, 15) is 9.09 Å². The topological polar surface area (TPSA) is 29.5 Å². The van der Waals surface area contributed by atoms with Crippen LogP contribution in [0.15, 0.2) is 18.2 Å². The Hall–Kier alpha value is -0.660. The van der Waals surface area contributed by atoms with Gasteiger partial charge in [0.05, 0.1) is 0 Å². The smallest absolute Gasteiger partial charge is 0.281 e. The first-order chi connectivity index (χ1) is 8.31. The second-order valence-corrected chi connectivity index (χ2v) is 8.82. The Kier molecular flexibility index (Phi) is 4.34. The van der Waals surface area contributed by atoms with Crippen molar-refractivity contribution >= 4 is 8.03 Å². The molecule has 1 unspecified atom stereocenters. The quantitative estimate of drug-likeness (QED) is 0.774. The summed E-state index contributed by atoms with van der Waals surface area (Å²) in [6.07, 6.45) is 0. The third-order valence-electron chi connectivity index (χ3n) is 2.92. The highest BCUT2D eigenvalue weighted by Crippen LogP contribution is 2.54. The van der Waals surface area contributed by atoms with Gasteiger partial charge in [0.15, 0.2) is 5.75 Å². The number of hydrogen-bond acceptors (Lipinski definition) is 2. The Morgan fingerprint density at radius 1 is 1.05 bits per heavy atom. The van der Waals surface area contributed by atoms with Crippen LogP contribution >= 0.6 is 8.03 Å². The first kappa shape index (κ1) is 16.4. The molecule has 1 aromatic carbocycles. The van der Waals surface area contributed by atoms with E-state index < -0.39 is 8.03 Å². The van der Waals surface area contributed by atoms with E-state index in [-0.39, 0.29) is 10.8 Å². The third kappa shape index (κ3) is 4.74. The largest absolute Gasteiger partial charge is 0.503 e. The number of benzene rings is 1. The van der Waals surface area contributed by atoms with Gasteiger partial charge in [0.1, 0.15) is 6.66 Å². The predicted octanol–water partition coefficient (Wildman–Crippen LogP) is 5.01. The predicted molar refractivity (Wildman–Crippen MR) is 80.6 cm³/mol. The zero-order valence-electron chi connectivity index (χ0n) is 12.9. The van der Waals surface area contributed by atoms with Crippen molar-refractivity contribution in [2.45, 2.75) is 52.4 Å². The lowest BCUT2D eigenvalue weighted by molar-refractivity contribution is 0.398. The second kappa shape index (κ2) is 5.03. The van der Waals surface area contributed by atoms with Crippen molar-refractivity contribution in [1.29, 1.82) is 0 Å². The Bertz CT molecular complexity index is 451. The summed E-state index contributed by atoms with van der Waals surface area (Å²) in [5, 5.41) is 0. The van der Waals surface area contributed by atoms with Crippen LogP contribution in [0.4, 0.5) is 4.20 Å². The van der Waals surface area contributed by atoms with E-state index in [1.54, 1.807) is 6.07 Å². The average molecular weight is 287 g/mol. The molecule has 1 N–H and O–H groups in total. The van der Waals surface area contributed by atoms with Crippen molar-refractivity contribution in [3.63, 3.8) is 0 Å². The van der Waals surface area contributed by atoms with Crippen LogP contribution < -0.4 is 4.52 Å². The maximum absolute atomic E-state index is 13.4. The maximum Gasteiger partial charge on any atom is 0.503 e. The molecule has 0 aliphatic carbocycles. The van der Waals surface area contributed by atoms with E-state index in [0.717, 1.165) is 12.2 Å². The average Bonchev–Trinajstić information content (AvgIpc) is 2.11. The Labute approximate surface area is 116 Å². The molecular formula is C15H25FO2P+. The van der Waals surface area contributed by atoms with Crippen molar-refractivity contribution in [2.75, 3.05) is 6.66 Å². The lowest BCUT2D eigenvalue weighted by Gasteiger charge is -2.26. The lowest BCUT2D eigenvalue weighted by Crippen LogP contribution is -2.17. The van der Waals surface area contributed by atoms with Crippen LogP contribution in [0.3, 0.4) is 0 Å². The van der Waals surface area contributed by atoms with Crippen molar-refractivity contribution in [1.82, 2.24) is 0 Å². The normalized spacial score (nSPS) is 16.1. The summed E-state index contributed by atoms with van der Waals surface area (Å²) in [6.45, 7) is 13.6. The van der Waals surface area contributed by atoms with Crippen LogP contribution in [-0.2, 0) is 10.8 Å². The maximum atomic E-state index is 13.4. The van der Waals surface area contributed by atoms with E-state index in [0.29, 0.717) is 5.75 Å². The molecule has 0 aliphatic heterocycles. The fourth-order valence-electron chi connectivity index (χ4n) is 1.84. The summed E-state index contributed by atoms with van der Waals surface area (Å²) >= 11 is 0. The van der Waals surface area contributed by atoms with Crippen LogP contribution in [0.2, 0.25) is 0 Å². The van der Waals surface area contributed by atoms with Crippen LogP contribution in [-0.4, -0.2) is 11.6 Å². The summed E-state index contributed by atoms with van der Waals surface area (Å²) in [6, 6.07) is 5.74. The zero-order chi connectivity index (χ0) is 15.1. The minimum absolute atomic E-state index is 0.0197. The van der Waals surface area contributed by atoms with Gasteiger partial charge in [0.25, 0.3) is 0 Å². The molecule has 1 rings (SSSR count). The summed E-state index contributed by atoms with van der Waals surface area (Å²) in [5.41, 5.74) is 1.93. The van der Waals surface area contributed by atoms with Gasteiger partial charge in [-0.25, -0.2) is 0 Å². The van der Waals surface area contributed by atoms with E-state index in [4.69, 9.17) is 4.52 Å². The van der Waals surface area contributed by atoms with E-state index in [2.05, 4.69) is 20.8 Å². The zero-order valence-corrected chi connectivity index (χ0v) is 13.8. The molecule has 1 aromatic rings. The number of halogens is 1. The molecule has 0 bridgehead atoms. The van der Waals surface area contributed by atoms with Gasteiger partial charge in [-0.2, -0.15) is 4.89 Å². The van der Waals surface area contributed by atoms with Gasteiger partial charge in [0, 0.05) is 9.76 Å². The molecule has 0 saturated carbocycles. The van der Waals surface area contributed by atoms with E-state index in [1.807, 2.05) is 32.9 Å². The summed E-state index contributed by atoms with van der Waals surface area (Å²) in [5.74, 6) is 0.432. The molecule has 2 nitrogen and oxygen atoms in total. The molecule has 0 aromatic heterocycles. The molecule has 0 radical (unpaired) electrons. The van der Waals surface area contributed by atoms with E-state index in [1.165, 1.54) is 5.56 Å². The summed E-state index contributed by atoms with van der Waals surface area (Å²) < 4.78 is 18.5. The number of rotatable bonds is 2. The highest BCUT2D eigenvalue weighted by atomic mass is 31.2. The molecule has 0 spiro atoms. The third-order valence-corrected chi connectivity index (χ3v) is 3.45. The van der Waals surface area contributed by atoms with Gasteiger partial charge in [-0.3, -0.25) is 4.52 Å². The highest BCUT2D eigenvalue weighted by molar-refractivity contribution is 7.59. The van der Waals surface area contributed by atoms with Gasteiger partial charge in [-0.15, -0.1) is 0 Å². The van der Waals surface area contributed by atoms with Gasteiger partial charge < -0.3 is 0 Å². The fraction of sp³-hybridized carbons (Fsp3) is 0.600. The van der Waals surface area contributed by atoms with Crippen molar-refractivity contribution < 1.29 is 13.6 Å².